The number of nitrogens with one attached hydrogen (secondary N) is 2. The molecule has 10 heteroatoms. The van der Waals surface area contributed by atoms with Crippen LogP contribution < -0.4 is 15.5 Å². The van der Waals surface area contributed by atoms with Crippen molar-refractivity contribution in [3.8, 4) is 6.07 Å². The maximum absolute atomic E-state index is 15.3. The van der Waals surface area contributed by atoms with Crippen molar-refractivity contribution in [2.45, 2.75) is 71.1 Å². The van der Waals surface area contributed by atoms with E-state index >= 15 is 8.78 Å². The quantitative estimate of drug-likeness (QED) is 0.375. The lowest BCUT2D eigenvalue weighted by Gasteiger charge is -2.41. The van der Waals surface area contributed by atoms with Crippen LogP contribution in [-0.2, 0) is 12.5 Å². The first-order chi connectivity index (χ1) is 21.2. The predicted molar refractivity (Wildman–Crippen MR) is 175 cm³/mol. The molecule has 1 aromatic carbocycles. The molecule has 5 rings (SSSR count). The number of allylic oxidation sites excluding steroid dienone is 1. The van der Waals surface area contributed by atoms with Crippen molar-refractivity contribution in [3.63, 3.8) is 0 Å². The molecule has 231 valence electrons. The molecule has 0 aliphatic carbocycles. The highest BCUT2D eigenvalue weighted by Crippen LogP contribution is 2.49. The molecule has 1 fully saturated rings. The summed E-state index contributed by atoms with van der Waals surface area (Å²) < 4.78 is 30.7. The highest BCUT2D eigenvalue weighted by atomic mass is 19.3. The van der Waals surface area contributed by atoms with Gasteiger partial charge in [-0.05, 0) is 75.5 Å². The molecule has 0 saturated carbocycles. The molecule has 1 saturated heterocycles. The second-order valence-corrected chi connectivity index (χ2v) is 12.2. The van der Waals surface area contributed by atoms with E-state index < -0.39 is 11.3 Å². The monoisotopic (exact) mass is 598 g/mol. The molecule has 0 amide bonds. The lowest BCUT2D eigenvalue weighted by Crippen LogP contribution is -2.38. The first kappa shape index (κ1) is 31.7. The molecule has 0 spiro atoms. The van der Waals surface area contributed by atoms with E-state index in [0.717, 1.165) is 73.1 Å². The molecule has 1 aromatic heterocycles. The SMILES string of the molecule is C=C1CN2C(=C)C(C3(C#N)CC[B]CC3)=Cc3c(nc(C)nc32)NCc2cccc(c2)C(F)(F)CCCN(CC)CCCN1. The van der Waals surface area contributed by atoms with Crippen LogP contribution in [0.15, 0.2) is 54.4 Å². The third kappa shape index (κ3) is 6.83. The van der Waals surface area contributed by atoms with Crippen molar-refractivity contribution >= 4 is 25.0 Å². The molecule has 3 aliphatic rings. The maximum Gasteiger partial charge on any atom is 0.273 e. The Hall–Kier alpha value is -3.71. The number of halogens is 2. The zero-order chi connectivity index (χ0) is 31.3. The highest BCUT2D eigenvalue weighted by molar-refractivity contribution is 6.35. The number of anilines is 2. The average molecular weight is 599 g/mol. The van der Waals surface area contributed by atoms with Crippen LogP contribution in [0.4, 0.5) is 20.4 Å². The summed E-state index contributed by atoms with van der Waals surface area (Å²) >= 11 is 0. The summed E-state index contributed by atoms with van der Waals surface area (Å²) in [7, 11) is 2.25. The Morgan fingerprint density at radius 3 is 2.61 bits per heavy atom. The summed E-state index contributed by atoms with van der Waals surface area (Å²) in [6.45, 7) is 16.5. The fourth-order valence-corrected chi connectivity index (χ4v) is 6.54. The summed E-state index contributed by atoms with van der Waals surface area (Å²) in [6.07, 6.45) is 6.29. The molecule has 2 N–H and O–H groups in total. The van der Waals surface area contributed by atoms with Crippen LogP contribution in [-0.4, -0.2) is 54.9 Å². The maximum atomic E-state index is 15.3. The molecule has 7 nitrogen and oxygen atoms in total. The Balaban J connectivity index is 1.56. The minimum Gasteiger partial charge on any atom is -0.387 e. The fraction of sp³-hybridized carbons (Fsp3) is 0.500. The zero-order valence-corrected chi connectivity index (χ0v) is 26.1. The van der Waals surface area contributed by atoms with E-state index in [4.69, 9.17) is 9.97 Å². The molecule has 0 atom stereocenters. The van der Waals surface area contributed by atoms with E-state index in [0.29, 0.717) is 50.1 Å². The first-order valence-corrected chi connectivity index (χ1v) is 15.8. The van der Waals surface area contributed by atoms with E-state index in [2.05, 4.69) is 53.9 Å². The Morgan fingerprint density at radius 2 is 1.86 bits per heavy atom. The van der Waals surface area contributed by atoms with E-state index in [9.17, 15) is 5.26 Å². The van der Waals surface area contributed by atoms with Crippen LogP contribution in [0.2, 0.25) is 12.6 Å². The largest absolute Gasteiger partial charge is 0.387 e. The van der Waals surface area contributed by atoms with Gasteiger partial charge in [-0.3, -0.25) is 0 Å². The molecule has 2 aromatic rings. The Bertz CT molecular complexity index is 1460. The Kier molecular flexibility index (Phi) is 9.74. The van der Waals surface area contributed by atoms with Gasteiger partial charge in [0, 0.05) is 36.5 Å². The summed E-state index contributed by atoms with van der Waals surface area (Å²) in [4.78, 5) is 13.9. The topological polar surface area (TPSA) is 80.1 Å². The molecule has 0 unspecified atom stereocenters. The van der Waals surface area contributed by atoms with Crippen molar-refractivity contribution in [1.29, 1.82) is 5.26 Å². The zero-order valence-electron chi connectivity index (χ0n) is 26.1. The minimum absolute atomic E-state index is 0.0348. The van der Waals surface area contributed by atoms with Gasteiger partial charge in [-0.2, -0.15) is 5.26 Å². The number of fused-ring (bicyclic) bond motifs is 2. The van der Waals surface area contributed by atoms with Gasteiger partial charge in [-0.1, -0.05) is 50.9 Å². The van der Waals surface area contributed by atoms with E-state index in [1.165, 1.54) is 6.07 Å². The summed E-state index contributed by atoms with van der Waals surface area (Å²) in [6, 6.07) is 9.31. The smallest absolute Gasteiger partial charge is 0.273 e. The summed E-state index contributed by atoms with van der Waals surface area (Å²) in [5, 5.41) is 17.4. The average Bonchev–Trinajstić information content (AvgIpc) is 3.02. The second-order valence-electron chi connectivity index (χ2n) is 12.2. The van der Waals surface area contributed by atoms with Gasteiger partial charge < -0.3 is 20.4 Å². The van der Waals surface area contributed by atoms with Crippen LogP contribution in [0.5, 0.6) is 0 Å². The van der Waals surface area contributed by atoms with Gasteiger partial charge in [-0.25, -0.2) is 18.7 Å². The Morgan fingerprint density at radius 1 is 1.09 bits per heavy atom. The van der Waals surface area contributed by atoms with Gasteiger partial charge >= 0.3 is 0 Å². The van der Waals surface area contributed by atoms with Gasteiger partial charge in [0.05, 0.1) is 23.6 Å². The standard InChI is InChI=1S/C34H43BF2N7/c1-5-43-17-7-11-34(36,37)28-10-6-9-27(19-28)21-40-31-29-20-30(33(23-38)12-14-35-15-13-33)25(3)44(32(29)42-26(4)41-31)22-24(2)39-16-8-18-43/h6,9-10,19-20,39H,2-3,5,7-8,11-18,21-22H2,1,4H3,(H,40,41,42). The van der Waals surface area contributed by atoms with Gasteiger partial charge in [0.1, 0.15) is 24.7 Å². The minimum atomic E-state index is -2.91. The number of rotatable bonds is 2. The normalized spacial score (nSPS) is 21.2. The van der Waals surface area contributed by atoms with Crippen LogP contribution >= 0.6 is 0 Å². The number of nitrogens with zero attached hydrogens (tertiary/aromatic N) is 5. The van der Waals surface area contributed by atoms with Crippen molar-refractivity contribution in [1.82, 2.24) is 20.2 Å². The van der Waals surface area contributed by atoms with Gasteiger partial charge in [0.25, 0.3) is 5.92 Å². The van der Waals surface area contributed by atoms with E-state index in [-0.39, 0.29) is 12.0 Å². The Labute approximate surface area is 261 Å². The van der Waals surface area contributed by atoms with Gasteiger partial charge in [0.2, 0.25) is 0 Å². The molecular formula is C34H43BF2N7. The third-order valence-corrected chi connectivity index (χ3v) is 9.10. The molecule has 1 radical (unpaired) electrons. The molecule has 44 heavy (non-hydrogen) atoms. The molecule has 6 bridgehead atoms. The first-order valence-electron chi connectivity index (χ1n) is 15.8. The second kappa shape index (κ2) is 13.5. The highest BCUT2D eigenvalue weighted by Gasteiger charge is 2.41. The van der Waals surface area contributed by atoms with Crippen LogP contribution in [0.25, 0.3) is 6.08 Å². The fourth-order valence-electron chi connectivity index (χ4n) is 6.54. The molecule has 3 aliphatic heterocycles. The molecular weight excluding hydrogens is 555 g/mol. The van der Waals surface area contributed by atoms with Crippen molar-refractivity contribution in [2.75, 3.05) is 42.9 Å². The van der Waals surface area contributed by atoms with Crippen LogP contribution in [0.1, 0.15) is 61.5 Å². The predicted octanol–water partition coefficient (Wildman–Crippen LogP) is 6.66. The van der Waals surface area contributed by atoms with Crippen molar-refractivity contribution in [3.05, 3.63) is 76.9 Å². The van der Waals surface area contributed by atoms with Crippen molar-refractivity contribution in [2.24, 2.45) is 5.41 Å². The summed E-state index contributed by atoms with van der Waals surface area (Å²) in [5.41, 5.74) is 3.33. The number of hydrogen-bond donors (Lipinski definition) is 2. The van der Waals surface area contributed by atoms with Crippen LogP contribution in [0.3, 0.4) is 0 Å². The van der Waals surface area contributed by atoms with Gasteiger partial charge in [-0.15, -0.1) is 0 Å². The number of benzene rings is 1. The summed E-state index contributed by atoms with van der Waals surface area (Å²) in [5.74, 6) is -1.05. The third-order valence-electron chi connectivity index (χ3n) is 9.10. The lowest BCUT2D eigenvalue weighted by molar-refractivity contribution is -0.0173. The lowest BCUT2D eigenvalue weighted by atomic mass is 9.54. The number of aryl methyl sites for hydroxylation is 1. The number of hydrogen-bond acceptors (Lipinski definition) is 7. The van der Waals surface area contributed by atoms with Gasteiger partial charge in [0.15, 0.2) is 0 Å². The number of alkyl halides is 2. The van der Waals surface area contributed by atoms with Crippen LogP contribution in [0, 0.1) is 23.7 Å². The van der Waals surface area contributed by atoms with Crippen molar-refractivity contribution < 1.29 is 8.78 Å². The van der Waals surface area contributed by atoms with E-state index in [1.54, 1.807) is 12.1 Å². The number of nitriles is 1. The molecule has 4 heterocycles. The van der Waals surface area contributed by atoms with E-state index in [1.807, 2.05) is 19.1 Å². The number of aromatic nitrogens is 2.